The Kier molecular flexibility index (Phi) is 2.73. The molecule has 0 amide bonds. The number of methoxy groups -OCH3 is 1. The number of hydrogen-bond donors (Lipinski definition) is 2. The number of nitrogen functional groups attached to an aromatic ring is 1. The monoisotopic (exact) mass is 184 g/mol. The number of rotatable bonds is 3. The van der Waals surface area contributed by atoms with E-state index in [4.69, 9.17) is 10.5 Å². The minimum Gasteiger partial charge on any atom is -0.754 e. The highest BCUT2D eigenvalue weighted by atomic mass is 16.5. The molecule has 1 heterocycles. The van der Waals surface area contributed by atoms with Crippen molar-refractivity contribution in [1.29, 1.82) is 0 Å². The Morgan fingerprint density at radius 3 is 3.00 bits per heavy atom. The van der Waals surface area contributed by atoms with Crippen molar-refractivity contribution in [2.24, 2.45) is 0 Å². The van der Waals surface area contributed by atoms with Crippen LogP contribution in [0.4, 0.5) is 11.8 Å². The summed E-state index contributed by atoms with van der Waals surface area (Å²) in [6.45, 7) is 2.51. The van der Waals surface area contributed by atoms with Gasteiger partial charge in [-0.15, -0.1) is 0 Å². The van der Waals surface area contributed by atoms with Crippen LogP contribution in [-0.2, 0) is 0 Å². The third-order valence-electron chi connectivity index (χ3n) is 1.48. The summed E-state index contributed by atoms with van der Waals surface area (Å²) in [7, 11) is 1.46. The van der Waals surface area contributed by atoms with Crippen molar-refractivity contribution in [1.82, 2.24) is 4.98 Å². The molecule has 0 spiro atoms. The van der Waals surface area contributed by atoms with Crippen LogP contribution in [0.5, 0.6) is 5.88 Å². The fourth-order valence-corrected chi connectivity index (χ4v) is 0.898. The van der Waals surface area contributed by atoms with E-state index in [1.54, 1.807) is 0 Å². The molecule has 0 radical (unpaired) electrons. The van der Waals surface area contributed by atoms with Gasteiger partial charge in [0.05, 0.1) is 13.2 Å². The molecule has 0 fully saturated rings. The van der Waals surface area contributed by atoms with Gasteiger partial charge in [-0.05, 0) is 6.92 Å². The summed E-state index contributed by atoms with van der Waals surface area (Å²) >= 11 is 0. The summed E-state index contributed by atoms with van der Waals surface area (Å²) in [6, 6.07) is 1.49. The lowest BCUT2D eigenvalue weighted by Crippen LogP contribution is -2.35. The van der Waals surface area contributed by atoms with Gasteiger partial charge in [0.15, 0.2) is 0 Å². The lowest BCUT2D eigenvalue weighted by atomic mass is 10.5. The molecule has 72 valence electrons. The molecular formula is C7H12N4O2. The Balaban J connectivity index is 3.09. The molecule has 0 unspecified atom stereocenters. The van der Waals surface area contributed by atoms with Gasteiger partial charge in [0.1, 0.15) is 0 Å². The average molecular weight is 184 g/mol. The van der Waals surface area contributed by atoms with Crippen LogP contribution in [0.25, 0.3) is 0 Å². The average Bonchev–Trinajstić information content (AvgIpc) is 2.13. The van der Waals surface area contributed by atoms with Crippen molar-refractivity contribution >= 4 is 11.8 Å². The Morgan fingerprint density at radius 1 is 1.77 bits per heavy atom. The molecule has 6 heteroatoms. The van der Waals surface area contributed by atoms with E-state index in [0.29, 0.717) is 23.0 Å². The molecule has 0 aliphatic rings. The van der Waals surface area contributed by atoms with Gasteiger partial charge in [0.25, 0.3) is 5.88 Å². The highest BCUT2D eigenvalue weighted by molar-refractivity contribution is 5.35. The maximum Gasteiger partial charge on any atom is 0.347 e. The molecule has 6 nitrogen and oxygen atoms in total. The lowest BCUT2D eigenvalue weighted by Gasteiger charge is -2.12. The summed E-state index contributed by atoms with van der Waals surface area (Å²) in [4.78, 5) is 3.70. The lowest BCUT2D eigenvalue weighted by molar-refractivity contribution is -0.577. The highest BCUT2D eigenvalue weighted by Gasteiger charge is 2.09. The quantitative estimate of drug-likeness (QED) is 0.499. The van der Waals surface area contributed by atoms with E-state index >= 15 is 0 Å². The smallest absolute Gasteiger partial charge is 0.347 e. The fraction of sp³-hybridized carbons (Fsp3) is 0.429. The van der Waals surface area contributed by atoms with Crippen molar-refractivity contribution in [2.75, 3.05) is 24.7 Å². The van der Waals surface area contributed by atoms with Crippen LogP contribution >= 0.6 is 0 Å². The number of aromatic nitrogens is 2. The Morgan fingerprint density at radius 2 is 2.46 bits per heavy atom. The largest absolute Gasteiger partial charge is 0.754 e. The van der Waals surface area contributed by atoms with E-state index in [0.717, 1.165) is 0 Å². The molecule has 0 saturated carbocycles. The summed E-state index contributed by atoms with van der Waals surface area (Å²) in [5, 5.41) is 14.1. The fourth-order valence-electron chi connectivity index (χ4n) is 0.898. The molecule has 0 bridgehead atoms. The van der Waals surface area contributed by atoms with E-state index in [2.05, 4.69) is 10.3 Å². The minimum absolute atomic E-state index is 0.129. The molecule has 0 aliphatic carbocycles. The van der Waals surface area contributed by atoms with E-state index in [9.17, 15) is 5.21 Å². The number of nitrogens with two attached hydrogens (primary N) is 1. The first-order valence-corrected chi connectivity index (χ1v) is 3.87. The molecule has 3 N–H and O–H groups in total. The Bertz CT molecular complexity index is 303. The molecule has 0 atom stereocenters. The third-order valence-corrected chi connectivity index (χ3v) is 1.48. The van der Waals surface area contributed by atoms with Crippen molar-refractivity contribution < 1.29 is 9.47 Å². The number of ether oxygens (including phenoxy) is 1. The zero-order chi connectivity index (χ0) is 9.84. The summed E-state index contributed by atoms with van der Waals surface area (Å²) in [5.74, 6) is 0.530. The molecular weight excluding hydrogens is 172 g/mol. The normalized spacial score (nSPS) is 9.69. The number of hydrogen-bond acceptors (Lipinski definition) is 5. The van der Waals surface area contributed by atoms with Crippen LogP contribution in [0.1, 0.15) is 6.92 Å². The van der Waals surface area contributed by atoms with E-state index in [1.165, 1.54) is 13.2 Å². The zero-order valence-electron chi connectivity index (χ0n) is 7.57. The van der Waals surface area contributed by atoms with Gasteiger partial charge in [-0.2, -0.15) is 0 Å². The third kappa shape index (κ3) is 1.90. The molecule has 0 aromatic carbocycles. The molecule has 1 aromatic heterocycles. The molecule has 1 aromatic rings. The minimum atomic E-state index is -0.129. The Labute approximate surface area is 75.9 Å². The van der Waals surface area contributed by atoms with Gasteiger partial charge in [0, 0.05) is 6.54 Å². The second-order valence-electron chi connectivity index (χ2n) is 2.37. The summed E-state index contributed by atoms with van der Waals surface area (Å²) in [5.41, 5.74) is 5.35. The first-order chi connectivity index (χ1) is 6.19. The standard InChI is InChI=1S/C7H12N4O2/c1-3-9-5-4-6(13-2)10-7(8)11(5)12/h4,9H,3H2,1-2H3,(H2,8,10). The Hall–Kier alpha value is -1.72. The SMILES string of the molecule is CCNc1cc(OC)nc(N)[n+]1[O-]. The molecule has 13 heavy (non-hydrogen) atoms. The van der Waals surface area contributed by atoms with Crippen molar-refractivity contribution in [2.45, 2.75) is 6.92 Å². The summed E-state index contributed by atoms with van der Waals surface area (Å²) in [6.07, 6.45) is 0. The molecule has 1 rings (SSSR count). The topological polar surface area (TPSA) is 87.1 Å². The maximum atomic E-state index is 11.2. The molecule has 0 aliphatic heterocycles. The first kappa shape index (κ1) is 9.37. The van der Waals surface area contributed by atoms with Crippen LogP contribution in [0.15, 0.2) is 6.07 Å². The van der Waals surface area contributed by atoms with Crippen LogP contribution in [0.3, 0.4) is 0 Å². The number of nitrogens with one attached hydrogen (secondary N) is 1. The van der Waals surface area contributed by atoms with Crippen LogP contribution < -0.4 is 20.5 Å². The van der Waals surface area contributed by atoms with Gasteiger partial charge in [-0.1, -0.05) is 4.98 Å². The highest BCUT2D eigenvalue weighted by Crippen LogP contribution is 2.11. The maximum absolute atomic E-state index is 11.2. The van der Waals surface area contributed by atoms with Crippen molar-refractivity contribution in [3.8, 4) is 5.88 Å². The second-order valence-corrected chi connectivity index (χ2v) is 2.37. The number of nitrogens with zero attached hydrogens (tertiary/aromatic N) is 2. The van der Waals surface area contributed by atoms with Gasteiger partial charge in [-0.3, -0.25) is 0 Å². The van der Waals surface area contributed by atoms with Gasteiger partial charge in [-0.25, -0.2) is 4.73 Å². The van der Waals surface area contributed by atoms with Gasteiger partial charge >= 0.3 is 5.95 Å². The molecule has 0 saturated heterocycles. The van der Waals surface area contributed by atoms with Gasteiger partial charge in [0.2, 0.25) is 5.82 Å². The summed E-state index contributed by atoms with van der Waals surface area (Å²) < 4.78 is 5.37. The zero-order valence-corrected chi connectivity index (χ0v) is 7.57. The van der Waals surface area contributed by atoms with Crippen molar-refractivity contribution in [3.05, 3.63) is 11.3 Å². The van der Waals surface area contributed by atoms with Crippen LogP contribution in [0, 0.1) is 5.21 Å². The van der Waals surface area contributed by atoms with Crippen LogP contribution in [0.2, 0.25) is 0 Å². The van der Waals surface area contributed by atoms with Gasteiger partial charge < -0.3 is 21.0 Å². The first-order valence-electron chi connectivity index (χ1n) is 3.87. The predicted octanol–water partition coefficient (Wildman–Crippen LogP) is -0.262. The van der Waals surface area contributed by atoms with E-state index in [-0.39, 0.29) is 5.95 Å². The number of anilines is 2. The second kappa shape index (κ2) is 3.79. The predicted molar refractivity (Wildman–Crippen MR) is 48.3 cm³/mol. The van der Waals surface area contributed by atoms with Crippen LogP contribution in [-0.4, -0.2) is 18.6 Å². The van der Waals surface area contributed by atoms with E-state index in [1.807, 2.05) is 6.92 Å². The van der Waals surface area contributed by atoms with E-state index < -0.39 is 0 Å². The van der Waals surface area contributed by atoms with Crippen molar-refractivity contribution in [3.63, 3.8) is 0 Å².